The second-order valence-corrected chi connectivity index (χ2v) is 7.09. The Bertz CT molecular complexity index is 1050. The van der Waals surface area contributed by atoms with E-state index >= 15 is 0 Å². The van der Waals surface area contributed by atoms with Crippen LogP contribution < -0.4 is 10.9 Å². The first-order chi connectivity index (χ1) is 14.1. The van der Waals surface area contributed by atoms with Crippen LogP contribution in [0.3, 0.4) is 0 Å². The maximum atomic E-state index is 12.7. The summed E-state index contributed by atoms with van der Waals surface area (Å²) in [5.41, 5.74) is 1.02. The fourth-order valence-corrected chi connectivity index (χ4v) is 3.62. The standard InChI is InChI=1S/C21H24N4O4/c1-15-6-7-19(29-15)18(24-8-10-28-11-9-24)12-23-20(26)14-25-17-5-3-2-4-16(17)22-13-21(25)27/h2-7,13,18H,8-12,14H2,1H3,(H,23,26). The topological polar surface area (TPSA) is 89.6 Å². The Morgan fingerprint density at radius 3 is 2.76 bits per heavy atom. The van der Waals surface area contributed by atoms with E-state index in [0.29, 0.717) is 30.8 Å². The van der Waals surface area contributed by atoms with Crippen molar-refractivity contribution >= 4 is 16.9 Å². The molecule has 1 aliphatic rings. The maximum Gasteiger partial charge on any atom is 0.269 e. The minimum absolute atomic E-state index is 0.0606. The molecule has 8 heteroatoms. The average molecular weight is 396 g/mol. The molecule has 1 N–H and O–H groups in total. The molecule has 1 amide bonds. The van der Waals surface area contributed by atoms with E-state index in [0.717, 1.165) is 24.6 Å². The van der Waals surface area contributed by atoms with Crippen molar-refractivity contribution in [3.63, 3.8) is 0 Å². The second kappa shape index (κ2) is 8.59. The zero-order valence-electron chi connectivity index (χ0n) is 16.3. The van der Waals surface area contributed by atoms with Gasteiger partial charge >= 0.3 is 0 Å². The zero-order valence-corrected chi connectivity index (χ0v) is 16.3. The van der Waals surface area contributed by atoms with Gasteiger partial charge < -0.3 is 14.5 Å². The van der Waals surface area contributed by atoms with Crippen molar-refractivity contribution < 1.29 is 13.9 Å². The Morgan fingerprint density at radius 2 is 2.00 bits per heavy atom. The number of nitrogens with zero attached hydrogens (tertiary/aromatic N) is 3. The summed E-state index contributed by atoms with van der Waals surface area (Å²) in [5.74, 6) is 1.42. The van der Waals surface area contributed by atoms with Gasteiger partial charge in [-0.2, -0.15) is 0 Å². The Kier molecular flexibility index (Phi) is 5.73. The van der Waals surface area contributed by atoms with Gasteiger partial charge in [-0.3, -0.25) is 19.1 Å². The zero-order chi connectivity index (χ0) is 20.2. The number of ether oxygens (including phenoxy) is 1. The first-order valence-corrected chi connectivity index (χ1v) is 9.71. The number of benzene rings is 1. The molecule has 0 spiro atoms. The molecule has 1 aromatic carbocycles. The Balaban J connectivity index is 1.48. The third kappa shape index (κ3) is 4.38. The molecule has 29 heavy (non-hydrogen) atoms. The van der Waals surface area contributed by atoms with Crippen LogP contribution in [0.2, 0.25) is 0 Å². The molecule has 8 nitrogen and oxygen atoms in total. The van der Waals surface area contributed by atoms with E-state index in [1.165, 1.54) is 10.8 Å². The number of nitrogens with one attached hydrogen (secondary N) is 1. The largest absolute Gasteiger partial charge is 0.465 e. The molecule has 1 fully saturated rings. The number of aromatic nitrogens is 2. The summed E-state index contributed by atoms with van der Waals surface area (Å²) < 4.78 is 12.7. The molecule has 1 saturated heterocycles. The van der Waals surface area contributed by atoms with Crippen LogP contribution in [0.15, 0.2) is 51.8 Å². The number of morpholine rings is 1. The smallest absolute Gasteiger partial charge is 0.269 e. The number of furan rings is 1. The van der Waals surface area contributed by atoms with E-state index in [1.54, 1.807) is 6.07 Å². The highest BCUT2D eigenvalue weighted by Crippen LogP contribution is 2.23. The summed E-state index contributed by atoms with van der Waals surface area (Å²) in [6, 6.07) is 11.1. The quantitative estimate of drug-likeness (QED) is 0.679. The summed E-state index contributed by atoms with van der Waals surface area (Å²) in [5, 5.41) is 2.97. The predicted molar refractivity (Wildman–Crippen MR) is 108 cm³/mol. The van der Waals surface area contributed by atoms with Crippen molar-refractivity contribution in [2.24, 2.45) is 0 Å². The number of rotatable bonds is 6. The molecule has 0 aliphatic carbocycles. The fourth-order valence-electron chi connectivity index (χ4n) is 3.62. The molecular weight excluding hydrogens is 372 g/mol. The van der Waals surface area contributed by atoms with E-state index < -0.39 is 0 Å². The summed E-state index contributed by atoms with van der Waals surface area (Å²) in [7, 11) is 0. The Morgan fingerprint density at radius 1 is 1.21 bits per heavy atom. The number of carbonyl (C=O) groups excluding carboxylic acids is 1. The molecule has 1 aliphatic heterocycles. The minimum atomic E-state index is -0.301. The van der Waals surface area contributed by atoms with Crippen molar-refractivity contribution in [3.8, 4) is 0 Å². The lowest BCUT2D eigenvalue weighted by atomic mass is 10.1. The lowest BCUT2D eigenvalue weighted by Gasteiger charge is -2.33. The third-order valence-corrected chi connectivity index (χ3v) is 5.12. The van der Waals surface area contributed by atoms with Crippen LogP contribution in [0.1, 0.15) is 17.6 Å². The third-order valence-electron chi connectivity index (χ3n) is 5.12. The minimum Gasteiger partial charge on any atom is -0.465 e. The van der Waals surface area contributed by atoms with Crippen LogP contribution in [0.5, 0.6) is 0 Å². The molecule has 3 aromatic rings. The van der Waals surface area contributed by atoms with Gasteiger partial charge in [0.25, 0.3) is 5.56 Å². The highest BCUT2D eigenvalue weighted by Gasteiger charge is 2.25. The number of aryl methyl sites for hydroxylation is 1. The van der Waals surface area contributed by atoms with Crippen molar-refractivity contribution in [2.45, 2.75) is 19.5 Å². The van der Waals surface area contributed by atoms with Crippen LogP contribution in [0.4, 0.5) is 0 Å². The molecular formula is C21H24N4O4. The number of carbonyl (C=O) groups is 1. The monoisotopic (exact) mass is 396 g/mol. The van der Waals surface area contributed by atoms with Crippen LogP contribution in [0, 0.1) is 6.92 Å². The van der Waals surface area contributed by atoms with Gasteiger partial charge in [-0.25, -0.2) is 4.98 Å². The van der Waals surface area contributed by atoms with Gasteiger partial charge in [0, 0.05) is 19.6 Å². The molecule has 0 saturated carbocycles. The molecule has 152 valence electrons. The summed E-state index contributed by atoms with van der Waals surface area (Å²) in [4.78, 5) is 31.3. The SMILES string of the molecule is Cc1ccc(C(CNC(=O)Cn2c(=O)cnc3ccccc32)N2CCOCC2)o1. The van der Waals surface area contributed by atoms with E-state index in [-0.39, 0.29) is 24.1 Å². The molecule has 0 radical (unpaired) electrons. The van der Waals surface area contributed by atoms with Gasteiger partial charge in [-0.15, -0.1) is 0 Å². The molecule has 0 bridgehead atoms. The van der Waals surface area contributed by atoms with Crippen molar-refractivity contribution in [3.05, 3.63) is 64.5 Å². The summed E-state index contributed by atoms with van der Waals surface area (Å²) >= 11 is 0. The molecule has 2 aromatic heterocycles. The molecule has 4 rings (SSSR count). The first-order valence-electron chi connectivity index (χ1n) is 9.71. The fraction of sp³-hybridized carbons (Fsp3) is 0.381. The number of amides is 1. The number of hydrogen-bond acceptors (Lipinski definition) is 6. The van der Waals surface area contributed by atoms with Crippen molar-refractivity contribution in [2.75, 3.05) is 32.8 Å². The number of fused-ring (bicyclic) bond motifs is 1. The highest BCUT2D eigenvalue weighted by atomic mass is 16.5. The van der Waals surface area contributed by atoms with Gasteiger partial charge in [0.15, 0.2) is 0 Å². The van der Waals surface area contributed by atoms with Crippen LogP contribution in [0.25, 0.3) is 11.0 Å². The van der Waals surface area contributed by atoms with E-state index in [2.05, 4.69) is 15.2 Å². The van der Waals surface area contributed by atoms with Crippen molar-refractivity contribution in [1.29, 1.82) is 0 Å². The number of hydrogen-bond donors (Lipinski definition) is 1. The summed E-state index contributed by atoms with van der Waals surface area (Å²) in [6.45, 7) is 5.09. The summed E-state index contributed by atoms with van der Waals surface area (Å²) in [6.07, 6.45) is 1.25. The maximum absolute atomic E-state index is 12.7. The van der Waals surface area contributed by atoms with Crippen LogP contribution in [-0.2, 0) is 16.1 Å². The van der Waals surface area contributed by atoms with Gasteiger partial charge in [-0.05, 0) is 31.2 Å². The lowest BCUT2D eigenvalue weighted by Crippen LogP contribution is -2.44. The normalized spacial score (nSPS) is 16.0. The Hall–Kier alpha value is -2.97. The predicted octanol–water partition coefficient (Wildman–Crippen LogP) is 1.49. The second-order valence-electron chi connectivity index (χ2n) is 7.09. The van der Waals surface area contributed by atoms with Crippen LogP contribution >= 0.6 is 0 Å². The first kappa shape index (κ1) is 19.4. The lowest BCUT2D eigenvalue weighted by molar-refractivity contribution is -0.122. The van der Waals surface area contributed by atoms with Gasteiger partial charge in [0.05, 0.1) is 36.5 Å². The van der Waals surface area contributed by atoms with Gasteiger partial charge in [0.2, 0.25) is 5.91 Å². The number of para-hydroxylation sites is 2. The molecule has 3 heterocycles. The van der Waals surface area contributed by atoms with E-state index in [9.17, 15) is 9.59 Å². The Labute approximate surface area is 168 Å². The van der Waals surface area contributed by atoms with E-state index in [1.807, 2.05) is 37.3 Å². The van der Waals surface area contributed by atoms with Crippen LogP contribution in [-0.4, -0.2) is 53.2 Å². The van der Waals surface area contributed by atoms with Crippen molar-refractivity contribution in [1.82, 2.24) is 19.8 Å². The van der Waals surface area contributed by atoms with Gasteiger partial charge in [-0.1, -0.05) is 12.1 Å². The average Bonchev–Trinajstić information content (AvgIpc) is 3.17. The van der Waals surface area contributed by atoms with Gasteiger partial charge in [0.1, 0.15) is 18.1 Å². The van der Waals surface area contributed by atoms with E-state index in [4.69, 9.17) is 9.15 Å². The highest BCUT2D eigenvalue weighted by molar-refractivity contribution is 5.79. The molecule has 1 unspecified atom stereocenters. The molecule has 1 atom stereocenters.